The van der Waals surface area contributed by atoms with Gasteiger partial charge in [-0.2, -0.15) is 0 Å². The van der Waals surface area contributed by atoms with Crippen molar-refractivity contribution in [1.82, 2.24) is 0 Å². The number of hydrogen-bond acceptors (Lipinski definition) is 4. The van der Waals surface area contributed by atoms with Crippen LogP contribution in [0.15, 0.2) is 23.1 Å². The Morgan fingerprint density at radius 2 is 2.07 bits per heavy atom. The summed E-state index contributed by atoms with van der Waals surface area (Å²) in [7, 11) is -3.61. The standard InChI is InChI=1S/C8H8ClNO4S/c1-6-2-3-7(15(13,14)5-9)4-8(6)10(11)12/h2-4H,5H2,1H3. The summed E-state index contributed by atoms with van der Waals surface area (Å²) in [6.45, 7) is 1.54. The minimum Gasteiger partial charge on any atom is -0.258 e. The lowest BCUT2D eigenvalue weighted by atomic mass is 10.2. The maximum Gasteiger partial charge on any atom is 0.273 e. The van der Waals surface area contributed by atoms with Crippen LogP contribution >= 0.6 is 11.6 Å². The number of aryl methyl sites for hydroxylation is 1. The average Bonchev–Trinajstić information content (AvgIpc) is 2.17. The second-order valence-electron chi connectivity index (χ2n) is 2.93. The molecule has 0 atom stereocenters. The van der Waals surface area contributed by atoms with Crippen molar-refractivity contribution in [3.8, 4) is 0 Å². The quantitative estimate of drug-likeness (QED) is 0.465. The van der Waals surface area contributed by atoms with Crippen molar-refractivity contribution in [2.24, 2.45) is 0 Å². The summed E-state index contributed by atoms with van der Waals surface area (Å²) in [5.41, 5.74) is 0.190. The molecule has 0 saturated heterocycles. The highest BCUT2D eigenvalue weighted by molar-refractivity contribution is 7.92. The monoisotopic (exact) mass is 249 g/mol. The SMILES string of the molecule is Cc1ccc(S(=O)(=O)CCl)cc1[N+](=O)[O-]. The molecule has 0 fully saturated rings. The van der Waals surface area contributed by atoms with Crippen LogP contribution in [-0.2, 0) is 9.84 Å². The van der Waals surface area contributed by atoms with E-state index in [1.54, 1.807) is 0 Å². The van der Waals surface area contributed by atoms with E-state index in [0.717, 1.165) is 6.07 Å². The van der Waals surface area contributed by atoms with Crippen LogP contribution < -0.4 is 0 Å². The highest BCUT2D eigenvalue weighted by atomic mass is 35.5. The van der Waals surface area contributed by atoms with Crippen molar-refractivity contribution in [3.05, 3.63) is 33.9 Å². The van der Waals surface area contributed by atoms with Gasteiger partial charge in [-0.1, -0.05) is 6.07 Å². The molecule has 0 bridgehead atoms. The summed E-state index contributed by atoms with van der Waals surface area (Å²) >= 11 is 5.24. The molecule has 0 heterocycles. The predicted molar refractivity (Wildman–Crippen MR) is 55.7 cm³/mol. The van der Waals surface area contributed by atoms with Crippen molar-refractivity contribution >= 4 is 27.1 Å². The fraction of sp³-hybridized carbons (Fsp3) is 0.250. The molecule has 82 valence electrons. The molecule has 15 heavy (non-hydrogen) atoms. The van der Waals surface area contributed by atoms with Gasteiger partial charge in [0.2, 0.25) is 0 Å². The fourth-order valence-electron chi connectivity index (χ4n) is 1.04. The van der Waals surface area contributed by atoms with Crippen molar-refractivity contribution in [3.63, 3.8) is 0 Å². The molecule has 0 saturated carbocycles. The molecule has 1 aromatic rings. The zero-order valence-corrected chi connectivity index (χ0v) is 9.38. The summed E-state index contributed by atoms with van der Waals surface area (Å²) in [5, 5.41) is 9.98. The van der Waals surface area contributed by atoms with E-state index in [0.29, 0.717) is 5.56 Å². The van der Waals surface area contributed by atoms with Gasteiger partial charge in [0.05, 0.1) is 9.82 Å². The topological polar surface area (TPSA) is 77.3 Å². The Morgan fingerprint density at radius 3 is 2.53 bits per heavy atom. The lowest BCUT2D eigenvalue weighted by molar-refractivity contribution is -0.385. The molecule has 5 nitrogen and oxygen atoms in total. The molecule has 0 spiro atoms. The van der Waals surface area contributed by atoms with Gasteiger partial charge in [-0.3, -0.25) is 10.1 Å². The third-order valence-corrected chi connectivity index (χ3v) is 4.00. The highest BCUT2D eigenvalue weighted by Gasteiger charge is 2.18. The molecule has 0 aliphatic rings. The molecular weight excluding hydrogens is 242 g/mol. The molecule has 0 unspecified atom stereocenters. The van der Waals surface area contributed by atoms with E-state index < -0.39 is 20.0 Å². The number of halogens is 1. The van der Waals surface area contributed by atoms with Gasteiger partial charge in [0, 0.05) is 11.6 Å². The van der Waals surface area contributed by atoms with Gasteiger partial charge >= 0.3 is 0 Å². The van der Waals surface area contributed by atoms with E-state index in [1.165, 1.54) is 19.1 Å². The third-order valence-electron chi connectivity index (χ3n) is 1.88. The Morgan fingerprint density at radius 1 is 1.47 bits per heavy atom. The smallest absolute Gasteiger partial charge is 0.258 e. The molecule has 0 radical (unpaired) electrons. The summed E-state index contributed by atoms with van der Waals surface area (Å²) in [6.07, 6.45) is 0. The zero-order valence-electron chi connectivity index (χ0n) is 7.81. The van der Waals surface area contributed by atoms with Gasteiger partial charge in [0.15, 0.2) is 9.84 Å². The molecule has 1 rings (SSSR count). The second-order valence-corrected chi connectivity index (χ2v) is 5.50. The summed E-state index contributed by atoms with van der Waals surface area (Å²) in [5.74, 6) is 0. The minimum absolute atomic E-state index is 0.130. The number of hydrogen-bond donors (Lipinski definition) is 0. The van der Waals surface area contributed by atoms with E-state index in [1.807, 2.05) is 0 Å². The first kappa shape index (κ1) is 11.9. The first-order valence-electron chi connectivity index (χ1n) is 3.92. The Labute approximate surface area is 91.7 Å². The molecular formula is C8H8ClNO4S. The molecule has 7 heteroatoms. The normalized spacial score (nSPS) is 11.3. The van der Waals surface area contributed by atoms with Crippen molar-refractivity contribution in [1.29, 1.82) is 0 Å². The number of benzene rings is 1. The van der Waals surface area contributed by atoms with Crippen molar-refractivity contribution in [2.75, 3.05) is 5.21 Å². The maximum absolute atomic E-state index is 11.3. The van der Waals surface area contributed by atoms with Crippen LogP contribution in [0.1, 0.15) is 5.56 Å². The Hall–Kier alpha value is -1.14. The largest absolute Gasteiger partial charge is 0.273 e. The molecule has 0 aromatic heterocycles. The summed E-state index contributed by atoms with van der Waals surface area (Å²) in [6, 6.07) is 3.71. The molecule has 0 amide bonds. The van der Waals surface area contributed by atoms with Crippen molar-refractivity contribution in [2.45, 2.75) is 11.8 Å². The number of nitro groups is 1. The molecule has 1 aromatic carbocycles. The van der Waals surface area contributed by atoms with Crippen LogP contribution in [0.3, 0.4) is 0 Å². The van der Waals surface area contributed by atoms with E-state index in [-0.39, 0.29) is 10.6 Å². The number of nitrogens with zero attached hydrogens (tertiary/aromatic N) is 1. The van der Waals surface area contributed by atoms with Gasteiger partial charge in [0.1, 0.15) is 5.21 Å². The lowest BCUT2D eigenvalue weighted by Crippen LogP contribution is -2.03. The first-order valence-corrected chi connectivity index (χ1v) is 6.11. The van der Waals surface area contributed by atoms with Gasteiger partial charge < -0.3 is 0 Å². The van der Waals surface area contributed by atoms with E-state index >= 15 is 0 Å². The van der Waals surface area contributed by atoms with Crippen LogP contribution in [0.5, 0.6) is 0 Å². The Balaban J connectivity index is 3.38. The fourth-order valence-corrected chi connectivity index (χ4v) is 2.11. The van der Waals surface area contributed by atoms with Gasteiger partial charge in [-0.25, -0.2) is 8.42 Å². The first-order chi connectivity index (χ1) is 6.88. The minimum atomic E-state index is -3.61. The molecule has 0 N–H and O–H groups in total. The lowest BCUT2D eigenvalue weighted by Gasteiger charge is -2.01. The third kappa shape index (κ3) is 2.45. The number of rotatable bonds is 3. The second kappa shape index (κ2) is 4.16. The number of nitro benzene ring substituents is 1. The number of sulfone groups is 1. The van der Waals surface area contributed by atoms with E-state index in [9.17, 15) is 18.5 Å². The van der Waals surface area contributed by atoms with Gasteiger partial charge in [0.25, 0.3) is 5.69 Å². The average molecular weight is 250 g/mol. The van der Waals surface area contributed by atoms with Crippen LogP contribution in [-0.4, -0.2) is 18.6 Å². The predicted octanol–water partition coefficient (Wildman–Crippen LogP) is 1.87. The molecule has 0 aliphatic carbocycles. The summed E-state index contributed by atoms with van der Waals surface area (Å²) in [4.78, 5) is 9.81. The highest BCUT2D eigenvalue weighted by Crippen LogP contribution is 2.23. The summed E-state index contributed by atoms with van der Waals surface area (Å²) < 4.78 is 22.7. The maximum atomic E-state index is 11.3. The van der Waals surface area contributed by atoms with E-state index in [4.69, 9.17) is 11.6 Å². The van der Waals surface area contributed by atoms with Crippen molar-refractivity contribution < 1.29 is 13.3 Å². The van der Waals surface area contributed by atoms with Crippen LogP contribution in [0.2, 0.25) is 0 Å². The zero-order chi connectivity index (χ0) is 11.6. The van der Waals surface area contributed by atoms with Gasteiger partial charge in [-0.05, 0) is 13.0 Å². The Bertz CT molecular complexity index is 497. The van der Waals surface area contributed by atoms with Gasteiger partial charge in [-0.15, -0.1) is 11.6 Å². The molecule has 0 aliphatic heterocycles. The Kier molecular flexibility index (Phi) is 3.31. The van der Waals surface area contributed by atoms with Crippen LogP contribution in [0.25, 0.3) is 0 Å². The number of alkyl halides is 1. The van der Waals surface area contributed by atoms with Crippen LogP contribution in [0, 0.1) is 17.0 Å². The van der Waals surface area contributed by atoms with Crippen LogP contribution in [0.4, 0.5) is 5.69 Å². The van der Waals surface area contributed by atoms with E-state index in [2.05, 4.69) is 0 Å².